The molecule has 1 fully saturated rings. The van der Waals surface area contributed by atoms with E-state index >= 15 is 0 Å². The number of ether oxygens (including phenoxy) is 1. The van der Waals surface area contributed by atoms with Crippen LogP contribution in [0.1, 0.15) is 47.9 Å². The normalized spacial score (nSPS) is 15.5. The molecule has 0 radical (unpaired) electrons. The first kappa shape index (κ1) is 23.2. The number of nitrogens with one attached hydrogen (secondary N) is 1. The summed E-state index contributed by atoms with van der Waals surface area (Å²) in [4.78, 5) is 19.4. The van der Waals surface area contributed by atoms with Gasteiger partial charge >= 0.3 is 0 Å². The van der Waals surface area contributed by atoms with E-state index in [0.29, 0.717) is 12.5 Å². The summed E-state index contributed by atoms with van der Waals surface area (Å²) in [7, 11) is 1.65. The molecule has 6 rings (SSSR count). The van der Waals surface area contributed by atoms with Crippen LogP contribution in [0.4, 0.5) is 5.95 Å². The molecule has 186 valence electrons. The number of nitrogens with zero attached hydrogens (tertiary/aromatic N) is 3. The molecule has 0 atom stereocenters. The topological polar surface area (TPSA) is 68.5 Å². The van der Waals surface area contributed by atoms with Crippen LogP contribution in [0.5, 0.6) is 5.75 Å². The van der Waals surface area contributed by atoms with Crippen LogP contribution in [0.2, 0.25) is 0 Å². The van der Waals surface area contributed by atoms with Gasteiger partial charge < -0.3 is 4.74 Å². The number of hydrazone groups is 1. The van der Waals surface area contributed by atoms with Crippen molar-refractivity contribution in [1.29, 1.82) is 0 Å². The van der Waals surface area contributed by atoms with E-state index in [4.69, 9.17) is 9.72 Å². The third-order valence-electron chi connectivity index (χ3n) is 7.74. The number of aromatic nitrogens is 2. The van der Waals surface area contributed by atoms with Gasteiger partial charge in [-0.1, -0.05) is 67.4 Å². The van der Waals surface area contributed by atoms with Crippen LogP contribution in [0.3, 0.4) is 0 Å². The van der Waals surface area contributed by atoms with Crippen molar-refractivity contribution < 1.29 is 4.74 Å². The van der Waals surface area contributed by atoms with E-state index in [2.05, 4.69) is 28.7 Å². The van der Waals surface area contributed by atoms with Crippen molar-refractivity contribution in [3.63, 3.8) is 0 Å². The van der Waals surface area contributed by atoms with Crippen LogP contribution in [0.15, 0.2) is 88.8 Å². The quantitative estimate of drug-likeness (QED) is 0.275. The van der Waals surface area contributed by atoms with Gasteiger partial charge in [0.25, 0.3) is 5.56 Å². The van der Waals surface area contributed by atoms with E-state index < -0.39 is 0 Å². The lowest BCUT2D eigenvalue weighted by Gasteiger charge is -2.36. The summed E-state index contributed by atoms with van der Waals surface area (Å²) in [6.45, 7) is 0.429. The summed E-state index contributed by atoms with van der Waals surface area (Å²) in [5, 5.41) is 4.47. The van der Waals surface area contributed by atoms with Crippen molar-refractivity contribution in [2.24, 2.45) is 5.10 Å². The summed E-state index contributed by atoms with van der Waals surface area (Å²) in [6.07, 6.45) is 6.97. The molecule has 1 heterocycles. The minimum absolute atomic E-state index is 0.0346. The van der Waals surface area contributed by atoms with Crippen LogP contribution in [-0.4, -0.2) is 22.9 Å². The van der Waals surface area contributed by atoms with E-state index in [0.717, 1.165) is 65.8 Å². The molecule has 0 aliphatic heterocycles. The minimum atomic E-state index is -0.142. The van der Waals surface area contributed by atoms with Gasteiger partial charge in [-0.05, 0) is 60.2 Å². The molecular weight excluding hydrogens is 460 g/mol. The number of benzene rings is 3. The molecule has 0 bridgehead atoms. The number of anilines is 1. The molecule has 3 aromatic carbocycles. The van der Waals surface area contributed by atoms with Gasteiger partial charge in [0.15, 0.2) is 0 Å². The highest BCUT2D eigenvalue weighted by Crippen LogP contribution is 2.49. The average molecular weight is 491 g/mol. The summed E-state index contributed by atoms with van der Waals surface area (Å²) in [5.41, 5.74) is 8.97. The lowest BCUT2D eigenvalue weighted by atomic mass is 9.68. The van der Waals surface area contributed by atoms with E-state index in [1.165, 1.54) is 5.56 Å². The zero-order valence-corrected chi connectivity index (χ0v) is 21.0. The van der Waals surface area contributed by atoms with Crippen molar-refractivity contribution in [3.05, 3.63) is 111 Å². The summed E-state index contributed by atoms with van der Waals surface area (Å²) in [5.74, 6) is 1.24. The zero-order valence-electron chi connectivity index (χ0n) is 21.0. The largest absolute Gasteiger partial charge is 0.497 e. The molecule has 0 unspecified atom stereocenters. The Labute approximate surface area is 216 Å². The fraction of sp³-hybridized carbons (Fsp3) is 0.258. The van der Waals surface area contributed by atoms with Gasteiger partial charge in [0.2, 0.25) is 5.95 Å². The SMILES string of the molecule is COc1ccc(/C=N\Nc2nc3c(c(=O)n2Cc2ccccc2)C2(CCCC2)Cc2ccccc2-3)cc1. The van der Waals surface area contributed by atoms with Crippen LogP contribution in [0, 0.1) is 0 Å². The lowest BCUT2D eigenvalue weighted by molar-refractivity contribution is 0.415. The molecule has 6 nitrogen and oxygen atoms in total. The number of hydrogen-bond donors (Lipinski definition) is 1. The van der Waals surface area contributed by atoms with Gasteiger partial charge in [0, 0.05) is 11.0 Å². The summed E-state index contributed by atoms with van der Waals surface area (Å²) < 4.78 is 7.00. The maximum atomic E-state index is 14.3. The summed E-state index contributed by atoms with van der Waals surface area (Å²) >= 11 is 0. The van der Waals surface area contributed by atoms with Crippen LogP contribution in [0.25, 0.3) is 11.3 Å². The molecule has 0 amide bonds. The Morgan fingerprint density at radius 2 is 1.73 bits per heavy atom. The van der Waals surface area contributed by atoms with Gasteiger partial charge in [0.05, 0.1) is 31.1 Å². The fourth-order valence-corrected chi connectivity index (χ4v) is 5.92. The number of hydrogen-bond acceptors (Lipinski definition) is 5. The minimum Gasteiger partial charge on any atom is -0.497 e. The van der Waals surface area contributed by atoms with E-state index in [-0.39, 0.29) is 11.0 Å². The highest BCUT2D eigenvalue weighted by Gasteiger charge is 2.44. The Kier molecular flexibility index (Phi) is 6.08. The summed E-state index contributed by atoms with van der Waals surface area (Å²) in [6, 6.07) is 26.1. The van der Waals surface area contributed by atoms with Gasteiger partial charge in [-0.3, -0.25) is 9.36 Å². The first-order valence-electron chi connectivity index (χ1n) is 12.9. The average Bonchev–Trinajstić information content (AvgIpc) is 3.39. The highest BCUT2D eigenvalue weighted by molar-refractivity contribution is 5.80. The Morgan fingerprint density at radius 1 is 1.00 bits per heavy atom. The predicted molar refractivity (Wildman–Crippen MR) is 148 cm³/mol. The molecule has 2 aliphatic rings. The molecule has 1 aromatic heterocycles. The lowest BCUT2D eigenvalue weighted by Crippen LogP contribution is -2.40. The highest BCUT2D eigenvalue weighted by atomic mass is 16.5. The second-order valence-electron chi connectivity index (χ2n) is 10.0. The molecule has 4 aromatic rings. The van der Waals surface area contributed by atoms with Crippen molar-refractivity contribution in [2.45, 2.75) is 44.1 Å². The number of methoxy groups -OCH3 is 1. The van der Waals surface area contributed by atoms with Gasteiger partial charge in [-0.25, -0.2) is 10.4 Å². The first-order chi connectivity index (χ1) is 18.2. The van der Waals surface area contributed by atoms with Crippen molar-refractivity contribution in [1.82, 2.24) is 9.55 Å². The molecule has 1 spiro atoms. The Morgan fingerprint density at radius 3 is 2.49 bits per heavy atom. The second-order valence-corrected chi connectivity index (χ2v) is 10.0. The molecule has 6 heteroatoms. The van der Waals surface area contributed by atoms with Gasteiger partial charge in [0.1, 0.15) is 5.75 Å². The standard InChI is InChI=1S/C31H30N4O2/c1-37-25-15-13-22(14-16-25)20-32-34-30-33-28-26-12-6-5-11-24(26)19-31(17-7-8-18-31)27(28)29(36)35(30)21-23-9-3-2-4-10-23/h2-6,9-16,20H,7-8,17-19,21H2,1H3,(H,33,34)/b32-20-. The molecule has 1 N–H and O–H groups in total. The van der Waals surface area contributed by atoms with Crippen LogP contribution in [-0.2, 0) is 18.4 Å². The molecule has 1 saturated carbocycles. The predicted octanol–water partition coefficient (Wildman–Crippen LogP) is 5.78. The van der Waals surface area contributed by atoms with Crippen LogP contribution >= 0.6 is 0 Å². The third kappa shape index (κ3) is 4.33. The van der Waals surface area contributed by atoms with E-state index in [1.54, 1.807) is 17.9 Å². The zero-order chi connectivity index (χ0) is 25.2. The molecule has 2 aliphatic carbocycles. The van der Waals surface area contributed by atoms with Gasteiger partial charge in [-0.2, -0.15) is 5.10 Å². The Hall–Kier alpha value is -4.19. The molecular formula is C31H30N4O2. The molecule has 37 heavy (non-hydrogen) atoms. The van der Waals surface area contributed by atoms with Crippen molar-refractivity contribution in [3.8, 4) is 17.0 Å². The third-order valence-corrected chi connectivity index (χ3v) is 7.74. The van der Waals surface area contributed by atoms with E-state index in [9.17, 15) is 4.79 Å². The first-order valence-corrected chi connectivity index (χ1v) is 12.9. The number of rotatable bonds is 6. The Bertz CT molecular complexity index is 1500. The monoisotopic (exact) mass is 490 g/mol. The smallest absolute Gasteiger partial charge is 0.259 e. The second kappa shape index (κ2) is 9.69. The maximum Gasteiger partial charge on any atom is 0.259 e. The maximum absolute atomic E-state index is 14.3. The molecule has 0 saturated heterocycles. The van der Waals surface area contributed by atoms with Crippen molar-refractivity contribution in [2.75, 3.05) is 12.5 Å². The van der Waals surface area contributed by atoms with Crippen molar-refractivity contribution >= 4 is 12.2 Å². The fourth-order valence-electron chi connectivity index (χ4n) is 5.92. The number of fused-ring (bicyclic) bond motifs is 4. The van der Waals surface area contributed by atoms with Gasteiger partial charge in [-0.15, -0.1) is 0 Å². The van der Waals surface area contributed by atoms with E-state index in [1.807, 2.05) is 60.7 Å². The van der Waals surface area contributed by atoms with Crippen LogP contribution < -0.4 is 15.7 Å². The Balaban J connectivity index is 1.47.